The van der Waals surface area contributed by atoms with Crippen molar-refractivity contribution in [2.24, 2.45) is 0 Å². The summed E-state index contributed by atoms with van der Waals surface area (Å²) in [6.45, 7) is 1.86. The molecule has 0 aliphatic carbocycles. The molecule has 2 aromatic carbocycles. The van der Waals surface area contributed by atoms with Crippen LogP contribution < -0.4 is 5.32 Å². The average molecular weight is 303 g/mol. The number of hydrogen-bond acceptors (Lipinski definition) is 4. The van der Waals surface area contributed by atoms with Crippen molar-refractivity contribution in [3.05, 3.63) is 47.5 Å². The van der Waals surface area contributed by atoms with Crippen LogP contribution in [0.3, 0.4) is 0 Å². The Labute approximate surface area is 128 Å². The molecule has 0 saturated heterocycles. The molecule has 2 aromatic rings. The zero-order chi connectivity index (χ0) is 15.4. The summed E-state index contributed by atoms with van der Waals surface area (Å²) in [4.78, 5) is 23.4. The minimum Gasteiger partial charge on any atom is -0.480 e. The number of ketones is 1. The van der Waals surface area contributed by atoms with E-state index in [1.54, 1.807) is 0 Å². The lowest BCUT2D eigenvalue weighted by molar-refractivity contribution is -0.138. The van der Waals surface area contributed by atoms with Gasteiger partial charge in [-0.2, -0.15) is 12.6 Å². The third-order valence-corrected chi connectivity index (χ3v) is 3.77. The van der Waals surface area contributed by atoms with Gasteiger partial charge < -0.3 is 5.11 Å². The van der Waals surface area contributed by atoms with E-state index in [9.17, 15) is 9.59 Å². The van der Waals surface area contributed by atoms with Crippen molar-refractivity contribution in [3.63, 3.8) is 0 Å². The number of carboxylic acid groups (broad SMARTS) is 1. The molecule has 2 rings (SSSR count). The molecule has 0 aromatic heterocycles. The van der Waals surface area contributed by atoms with E-state index in [2.05, 4.69) is 17.9 Å². The molecule has 0 heterocycles. The SMILES string of the molecule is Cc1ccc2ccccc2c1C(=O)CNC(CS)C(=O)O. The molecule has 0 saturated carbocycles. The van der Waals surface area contributed by atoms with E-state index in [-0.39, 0.29) is 18.1 Å². The predicted molar refractivity (Wildman–Crippen MR) is 86.3 cm³/mol. The van der Waals surface area contributed by atoms with Crippen molar-refractivity contribution in [1.29, 1.82) is 0 Å². The largest absolute Gasteiger partial charge is 0.480 e. The number of thiol groups is 1. The topological polar surface area (TPSA) is 66.4 Å². The Morgan fingerprint density at radius 2 is 1.95 bits per heavy atom. The van der Waals surface area contributed by atoms with Crippen LogP contribution in [-0.2, 0) is 4.79 Å². The Kier molecular flexibility index (Phi) is 4.98. The Morgan fingerprint density at radius 3 is 2.62 bits per heavy atom. The summed E-state index contributed by atoms with van der Waals surface area (Å²) < 4.78 is 0. The van der Waals surface area contributed by atoms with Crippen molar-refractivity contribution in [1.82, 2.24) is 5.32 Å². The van der Waals surface area contributed by atoms with E-state index in [0.29, 0.717) is 5.56 Å². The maximum absolute atomic E-state index is 12.4. The molecule has 1 atom stereocenters. The van der Waals surface area contributed by atoms with Crippen LogP contribution in [0.5, 0.6) is 0 Å². The van der Waals surface area contributed by atoms with Crippen LogP contribution in [0.2, 0.25) is 0 Å². The molecule has 2 N–H and O–H groups in total. The maximum atomic E-state index is 12.4. The van der Waals surface area contributed by atoms with Crippen LogP contribution in [-0.4, -0.2) is 35.2 Å². The number of aliphatic carboxylic acids is 1. The Morgan fingerprint density at radius 1 is 1.24 bits per heavy atom. The highest BCUT2D eigenvalue weighted by Crippen LogP contribution is 2.22. The van der Waals surface area contributed by atoms with Crippen molar-refractivity contribution >= 4 is 35.2 Å². The zero-order valence-corrected chi connectivity index (χ0v) is 12.6. The molecule has 0 amide bonds. The number of hydrogen-bond donors (Lipinski definition) is 3. The summed E-state index contributed by atoms with van der Waals surface area (Å²) in [6, 6.07) is 10.7. The fourth-order valence-electron chi connectivity index (χ4n) is 2.28. The normalized spacial score (nSPS) is 12.3. The molecule has 5 heteroatoms. The van der Waals surface area contributed by atoms with Crippen LogP contribution in [0.25, 0.3) is 10.8 Å². The number of benzene rings is 2. The number of carbonyl (C=O) groups excluding carboxylic acids is 1. The third-order valence-electron chi connectivity index (χ3n) is 3.41. The number of aryl methyl sites for hydroxylation is 1. The highest BCUT2D eigenvalue weighted by Gasteiger charge is 2.18. The summed E-state index contributed by atoms with van der Waals surface area (Å²) >= 11 is 3.97. The number of rotatable bonds is 6. The highest BCUT2D eigenvalue weighted by atomic mass is 32.1. The fraction of sp³-hybridized carbons (Fsp3) is 0.250. The molecule has 1 unspecified atom stereocenters. The first-order valence-corrected chi connectivity index (χ1v) is 7.26. The quantitative estimate of drug-likeness (QED) is 0.566. The standard InChI is InChI=1S/C16H17NO3S/c1-10-6-7-11-4-2-3-5-12(11)15(10)14(18)8-17-13(9-21)16(19)20/h2-7,13,17,21H,8-9H2,1H3,(H,19,20). The van der Waals surface area contributed by atoms with Crippen LogP contribution in [0, 0.1) is 6.92 Å². The lowest BCUT2D eigenvalue weighted by Gasteiger charge is -2.13. The number of Topliss-reactive ketones (excluding diaryl/α,β-unsaturated/α-hetero) is 1. The maximum Gasteiger partial charge on any atom is 0.321 e. The van der Waals surface area contributed by atoms with Gasteiger partial charge in [0.25, 0.3) is 0 Å². The second-order valence-corrected chi connectivity index (χ2v) is 5.22. The van der Waals surface area contributed by atoms with Gasteiger partial charge in [0, 0.05) is 11.3 Å². The van der Waals surface area contributed by atoms with E-state index in [0.717, 1.165) is 16.3 Å². The molecule has 0 aliphatic heterocycles. The average Bonchev–Trinajstić information content (AvgIpc) is 2.47. The molecule has 0 bridgehead atoms. The van der Waals surface area contributed by atoms with E-state index in [4.69, 9.17) is 5.11 Å². The lowest BCUT2D eigenvalue weighted by Crippen LogP contribution is -2.41. The minimum absolute atomic E-state index is 0.0215. The summed E-state index contributed by atoms with van der Waals surface area (Å²) in [5.41, 5.74) is 1.53. The molecule has 0 fully saturated rings. The summed E-state index contributed by atoms with van der Waals surface area (Å²) in [5, 5.41) is 13.6. The first kappa shape index (κ1) is 15.5. The third kappa shape index (κ3) is 3.43. The summed E-state index contributed by atoms with van der Waals surface area (Å²) in [6.07, 6.45) is 0. The van der Waals surface area contributed by atoms with Crippen LogP contribution in [0.1, 0.15) is 15.9 Å². The first-order valence-electron chi connectivity index (χ1n) is 6.63. The lowest BCUT2D eigenvalue weighted by atomic mass is 9.96. The van der Waals surface area contributed by atoms with Gasteiger partial charge in [-0.05, 0) is 23.3 Å². The van der Waals surface area contributed by atoms with Gasteiger partial charge in [0.1, 0.15) is 6.04 Å². The fourth-order valence-corrected chi connectivity index (χ4v) is 2.57. The van der Waals surface area contributed by atoms with Gasteiger partial charge in [-0.15, -0.1) is 0 Å². The van der Waals surface area contributed by atoms with Crippen LogP contribution in [0.15, 0.2) is 36.4 Å². The number of nitrogens with one attached hydrogen (secondary N) is 1. The Hall–Kier alpha value is -1.85. The molecule has 0 aliphatic rings. The van der Waals surface area contributed by atoms with Crippen molar-refractivity contribution in [2.45, 2.75) is 13.0 Å². The Balaban J connectivity index is 2.27. The van der Waals surface area contributed by atoms with Gasteiger partial charge in [0.2, 0.25) is 0 Å². The predicted octanol–water partition coefficient (Wildman–Crippen LogP) is 2.30. The molecule has 110 valence electrons. The second kappa shape index (κ2) is 6.74. The van der Waals surface area contributed by atoms with E-state index in [1.165, 1.54) is 0 Å². The minimum atomic E-state index is -1.01. The monoisotopic (exact) mass is 303 g/mol. The van der Waals surface area contributed by atoms with Crippen molar-refractivity contribution < 1.29 is 14.7 Å². The van der Waals surface area contributed by atoms with E-state index < -0.39 is 12.0 Å². The molecule has 0 spiro atoms. The van der Waals surface area contributed by atoms with Crippen LogP contribution in [0.4, 0.5) is 0 Å². The smallest absolute Gasteiger partial charge is 0.321 e. The molecule has 0 radical (unpaired) electrons. The molecule has 4 nitrogen and oxygen atoms in total. The van der Waals surface area contributed by atoms with E-state index in [1.807, 2.05) is 43.3 Å². The molecular weight excluding hydrogens is 286 g/mol. The first-order chi connectivity index (χ1) is 10.0. The zero-order valence-electron chi connectivity index (χ0n) is 11.7. The molecular formula is C16H17NO3S. The van der Waals surface area contributed by atoms with Gasteiger partial charge in [-0.3, -0.25) is 14.9 Å². The number of carbonyl (C=O) groups is 2. The van der Waals surface area contributed by atoms with Gasteiger partial charge in [0.15, 0.2) is 5.78 Å². The van der Waals surface area contributed by atoms with Gasteiger partial charge in [0.05, 0.1) is 6.54 Å². The van der Waals surface area contributed by atoms with Crippen molar-refractivity contribution in [3.8, 4) is 0 Å². The van der Waals surface area contributed by atoms with Gasteiger partial charge in [-0.25, -0.2) is 0 Å². The Bertz CT molecular complexity index is 684. The molecule has 21 heavy (non-hydrogen) atoms. The second-order valence-electron chi connectivity index (χ2n) is 4.86. The van der Waals surface area contributed by atoms with Gasteiger partial charge in [-0.1, -0.05) is 36.4 Å². The van der Waals surface area contributed by atoms with Gasteiger partial charge >= 0.3 is 5.97 Å². The van der Waals surface area contributed by atoms with Crippen LogP contribution >= 0.6 is 12.6 Å². The number of carboxylic acids is 1. The highest BCUT2D eigenvalue weighted by molar-refractivity contribution is 7.80. The number of fused-ring (bicyclic) bond motifs is 1. The van der Waals surface area contributed by atoms with E-state index >= 15 is 0 Å². The van der Waals surface area contributed by atoms with Crippen molar-refractivity contribution in [2.75, 3.05) is 12.3 Å². The summed E-state index contributed by atoms with van der Waals surface area (Å²) in [5.74, 6) is -0.985. The summed E-state index contributed by atoms with van der Waals surface area (Å²) in [7, 11) is 0.